The van der Waals surface area contributed by atoms with E-state index in [2.05, 4.69) is 26.5 Å². The fraction of sp³-hybridized carbons (Fsp3) is 0.158. The predicted molar refractivity (Wildman–Crippen MR) is 103 cm³/mol. The normalized spacial score (nSPS) is 11.2. The van der Waals surface area contributed by atoms with Crippen LogP contribution in [-0.4, -0.2) is 23.8 Å². The van der Waals surface area contributed by atoms with Crippen LogP contribution in [0.1, 0.15) is 21.6 Å². The number of fused-ring (bicyclic) bond motifs is 1. The van der Waals surface area contributed by atoms with E-state index in [1.807, 2.05) is 61.0 Å². The molecule has 0 atom stereocenters. The minimum absolute atomic E-state index is 0.248. The first-order valence-electron chi connectivity index (χ1n) is 7.73. The molecule has 0 saturated carbocycles. The molecule has 5 nitrogen and oxygen atoms in total. The highest BCUT2D eigenvalue weighted by molar-refractivity contribution is 9.10. The number of hydrazone groups is 1. The van der Waals surface area contributed by atoms with Crippen LogP contribution >= 0.6 is 15.9 Å². The Kier molecular flexibility index (Phi) is 4.90. The zero-order chi connectivity index (χ0) is 18.0. The number of ether oxygens (including phenoxy) is 1. The van der Waals surface area contributed by atoms with Crippen molar-refractivity contribution in [2.75, 3.05) is 7.11 Å². The molecule has 1 aromatic heterocycles. The molecule has 2 aromatic carbocycles. The van der Waals surface area contributed by atoms with Crippen molar-refractivity contribution < 1.29 is 9.53 Å². The SMILES string of the molecule is COc1ccc2c(c1)c(C(=O)N/N=C\c1cccc(Br)c1)c(C)n2C. The summed E-state index contributed by atoms with van der Waals surface area (Å²) in [5.41, 5.74) is 5.95. The maximum absolute atomic E-state index is 12.7. The van der Waals surface area contributed by atoms with E-state index in [4.69, 9.17) is 4.74 Å². The molecule has 0 saturated heterocycles. The Morgan fingerprint density at radius 3 is 2.80 bits per heavy atom. The molecule has 3 rings (SSSR count). The Morgan fingerprint density at radius 2 is 2.08 bits per heavy atom. The molecule has 0 aliphatic rings. The van der Waals surface area contributed by atoms with E-state index in [1.54, 1.807) is 13.3 Å². The molecule has 1 amide bonds. The molecule has 128 valence electrons. The first-order chi connectivity index (χ1) is 12.0. The van der Waals surface area contributed by atoms with Crippen LogP contribution in [0.4, 0.5) is 0 Å². The summed E-state index contributed by atoms with van der Waals surface area (Å²) >= 11 is 3.41. The Bertz CT molecular complexity index is 976. The van der Waals surface area contributed by atoms with Gasteiger partial charge in [0.1, 0.15) is 5.75 Å². The van der Waals surface area contributed by atoms with Gasteiger partial charge in [-0.3, -0.25) is 4.79 Å². The average molecular weight is 400 g/mol. The van der Waals surface area contributed by atoms with Gasteiger partial charge in [0, 0.05) is 28.1 Å². The van der Waals surface area contributed by atoms with Crippen LogP contribution < -0.4 is 10.2 Å². The van der Waals surface area contributed by atoms with Crippen molar-refractivity contribution in [1.82, 2.24) is 9.99 Å². The Morgan fingerprint density at radius 1 is 1.28 bits per heavy atom. The number of aromatic nitrogens is 1. The number of hydrogen-bond donors (Lipinski definition) is 1. The van der Waals surface area contributed by atoms with Gasteiger partial charge in [-0.1, -0.05) is 28.1 Å². The second kappa shape index (κ2) is 7.11. The maximum Gasteiger partial charge on any atom is 0.273 e. The number of carbonyl (C=O) groups is 1. The maximum atomic E-state index is 12.7. The standard InChI is InChI=1S/C19H18BrN3O2/c1-12-18(16-10-15(25-3)7-8-17(16)23(12)2)19(24)22-21-11-13-5-4-6-14(20)9-13/h4-11H,1-3H3,(H,22,24)/b21-11-. The first kappa shape index (κ1) is 17.2. The van der Waals surface area contributed by atoms with E-state index in [9.17, 15) is 4.79 Å². The van der Waals surface area contributed by atoms with Crippen molar-refractivity contribution in [2.24, 2.45) is 12.1 Å². The summed E-state index contributed by atoms with van der Waals surface area (Å²) in [4.78, 5) is 12.7. The molecule has 0 aliphatic heterocycles. The molecule has 6 heteroatoms. The molecule has 1 heterocycles. The van der Waals surface area contributed by atoms with Crippen molar-refractivity contribution in [3.63, 3.8) is 0 Å². The Hall–Kier alpha value is -2.60. The molecule has 3 aromatic rings. The zero-order valence-electron chi connectivity index (χ0n) is 14.2. The van der Waals surface area contributed by atoms with E-state index in [0.29, 0.717) is 11.3 Å². The van der Waals surface area contributed by atoms with E-state index in [-0.39, 0.29) is 5.91 Å². The van der Waals surface area contributed by atoms with Crippen LogP contribution in [0.2, 0.25) is 0 Å². The first-order valence-corrected chi connectivity index (χ1v) is 8.52. The number of methoxy groups -OCH3 is 1. The number of rotatable bonds is 4. The van der Waals surface area contributed by atoms with Crippen LogP contribution in [0.3, 0.4) is 0 Å². The number of halogens is 1. The number of nitrogens with zero attached hydrogens (tertiary/aromatic N) is 2. The molecule has 0 fully saturated rings. The van der Waals surface area contributed by atoms with Gasteiger partial charge in [0.2, 0.25) is 0 Å². The minimum Gasteiger partial charge on any atom is -0.497 e. The van der Waals surface area contributed by atoms with Gasteiger partial charge < -0.3 is 9.30 Å². The molecule has 25 heavy (non-hydrogen) atoms. The molecule has 0 bridgehead atoms. The summed E-state index contributed by atoms with van der Waals surface area (Å²) in [5.74, 6) is 0.465. The molecule has 1 N–H and O–H groups in total. The Balaban J connectivity index is 1.90. The summed E-state index contributed by atoms with van der Waals surface area (Å²) in [5, 5.41) is 4.92. The lowest BCUT2D eigenvalue weighted by Gasteiger charge is -2.02. The third-order valence-electron chi connectivity index (χ3n) is 4.15. The van der Waals surface area contributed by atoms with Gasteiger partial charge in [-0.25, -0.2) is 5.43 Å². The monoisotopic (exact) mass is 399 g/mol. The lowest BCUT2D eigenvalue weighted by atomic mass is 10.1. The van der Waals surface area contributed by atoms with Crippen LogP contribution in [0.15, 0.2) is 52.0 Å². The van der Waals surface area contributed by atoms with Gasteiger partial charge in [0.25, 0.3) is 5.91 Å². The molecular weight excluding hydrogens is 382 g/mol. The van der Waals surface area contributed by atoms with Crippen LogP contribution in [0, 0.1) is 6.92 Å². The van der Waals surface area contributed by atoms with Gasteiger partial charge in [-0.05, 0) is 42.8 Å². The number of carbonyl (C=O) groups excluding carboxylic acids is 1. The summed E-state index contributed by atoms with van der Waals surface area (Å²) in [7, 11) is 3.55. The number of benzene rings is 2. The second-order valence-corrected chi connectivity index (χ2v) is 6.57. The molecule has 0 radical (unpaired) electrons. The van der Waals surface area contributed by atoms with E-state index in [1.165, 1.54) is 0 Å². The minimum atomic E-state index is -0.248. The van der Waals surface area contributed by atoms with Gasteiger partial charge in [-0.2, -0.15) is 5.10 Å². The van der Waals surface area contributed by atoms with Crippen molar-refractivity contribution in [1.29, 1.82) is 0 Å². The Labute approximate surface area is 154 Å². The fourth-order valence-electron chi connectivity index (χ4n) is 2.77. The molecular formula is C19H18BrN3O2. The molecule has 0 unspecified atom stereocenters. The van der Waals surface area contributed by atoms with Crippen LogP contribution in [-0.2, 0) is 7.05 Å². The average Bonchev–Trinajstić information content (AvgIpc) is 2.85. The summed E-state index contributed by atoms with van der Waals surface area (Å²) in [6.07, 6.45) is 1.61. The third kappa shape index (κ3) is 3.44. The number of aryl methyl sites for hydroxylation is 1. The fourth-order valence-corrected chi connectivity index (χ4v) is 3.19. The van der Waals surface area contributed by atoms with Crippen molar-refractivity contribution >= 4 is 39.0 Å². The van der Waals surface area contributed by atoms with Gasteiger partial charge >= 0.3 is 0 Å². The molecule has 0 aliphatic carbocycles. The van der Waals surface area contributed by atoms with E-state index in [0.717, 1.165) is 26.6 Å². The summed E-state index contributed by atoms with van der Waals surface area (Å²) < 4.78 is 8.23. The number of nitrogens with one attached hydrogen (secondary N) is 1. The number of amides is 1. The largest absolute Gasteiger partial charge is 0.497 e. The van der Waals surface area contributed by atoms with Gasteiger partial charge in [0.05, 0.1) is 18.9 Å². The second-order valence-electron chi connectivity index (χ2n) is 5.66. The predicted octanol–water partition coefficient (Wildman–Crippen LogP) is 4.02. The van der Waals surface area contributed by atoms with Crippen LogP contribution in [0.5, 0.6) is 5.75 Å². The van der Waals surface area contributed by atoms with E-state index < -0.39 is 0 Å². The van der Waals surface area contributed by atoms with Gasteiger partial charge in [0.15, 0.2) is 0 Å². The summed E-state index contributed by atoms with van der Waals surface area (Å²) in [6, 6.07) is 13.4. The van der Waals surface area contributed by atoms with Gasteiger partial charge in [-0.15, -0.1) is 0 Å². The summed E-state index contributed by atoms with van der Waals surface area (Å²) in [6.45, 7) is 1.92. The van der Waals surface area contributed by atoms with Crippen molar-refractivity contribution in [3.8, 4) is 5.75 Å². The zero-order valence-corrected chi connectivity index (χ0v) is 15.8. The smallest absolute Gasteiger partial charge is 0.273 e. The topological polar surface area (TPSA) is 55.6 Å². The highest BCUT2D eigenvalue weighted by Gasteiger charge is 2.18. The number of hydrogen-bond acceptors (Lipinski definition) is 3. The lowest BCUT2D eigenvalue weighted by Crippen LogP contribution is -2.18. The quantitative estimate of drug-likeness (QED) is 0.531. The van der Waals surface area contributed by atoms with Crippen molar-refractivity contribution in [3.05, 3.63) is 63.8 Å². The third-order valence-corrected chi connectivity index (χ3v) is 4.65. The molecule has 0 spiro atoms. The van der Waals surface area contributed by atoms with E-state index >= 15 is 0 Å². The lowest BCUT2D eigenvalue weighted by molar-refractivity contribution is 0.0956. The highest BCUT2D eigenvalue weighted by Crippen LogP contribution is 2.28. The van der Waals surface area contributed by atoms with Crippen LogP contribution in [0.25, 0.3) is 10.9 Å². The highest BCUT2D eigenvalue weighted by atomic mass is 79.9. The van der Waals surface area contributed by atoms with Crippen molar-refractivity contribution in [2.45, 2.75) is 6.92 Å².